The van der Waals surface area contributed by atoms with E-state index >= 15 is 0 Å². The third-order valence-corrected chi connectivity index (χ3v) is 3.80. The average Bonchev–Trinajstić information content (AvgIpc) is 2.99. The molecule has 1 aromatic carbocycles. The zero-order valence-electron chi connectivity index (χ0n) is 16.4. The van der Waals surface area contributed by atoms with E-state index < -0.39 is 5.97 Å². The number of carboxylic acids is 1. The number of hydrogen-bond acceptors (Lipinski definition) is 6. The van der Waals surface area contributed by atoms with Crippen molar-refractivity contribution in [2.45, 2.75) is 53.1 Å². The first-order chi connectivity index (χ1) is 12.7. The predicted octanol–water partition coefficient (Wildman–Crippen LogP) is 4.07. The number of aromatic nitrogens is 1. The van der Waals surface area contributed by atoms with Gasteiger partial charge in [0, 0.05) is 5.41 Å². The molecule has 0 fully saturated rings. The summed E-state index contributed by atoms with van der Waals surface area (Å²) >= 11 is 0. The Morgan fingerprint density at radius 2 is 1.93 bits per heavy atom. The second-order valence-electron chi connectivity index (χ2n) is 7.14. The molecule has 0 bridgehead atoms. The quantitative estimate of drug-likeness (QED) is 0.553. The first-order valence-electron chi connectivity index (χ1n) is 8.81. The highest BCUT2D eigenvalue weighted by atomic mass is 16.6. The Morgan fingerprint density at radius 3 is 2.44 bits per heavy atom. The Morgan fingerprint density at radius 1 is 1.26 bits per heavy atom. The number of nitrogens with zero attached hydrogens (tertiary/aromatic N) is 2. The lowest BCUT2D eigenvalue weighted by molar-refractivity contribution is -0.139. The van der Waals surface area contributed by atoms with Crippen molar-refractivity contribution in [3.8, 4) is 5.75 Å². The Labute approximate surface area is 159 Å². The molecule has 0 saturated carbocycles. The average molecular weight is 374 g/mol. The Balaban J connectivity index is 2.02. The summed E-state index contributed by atoms with van der Waals surface area (Å²) in [6, 6.07) is 7.06. The van der Waals surface area contributed by atoms with Crippen molar-refractivity contribution < 1.29 is 23.9 Å². The summed E-state index contributed by atoms with van der Waals surface area (Å²) < 4.78 is 10.8. The maximum Gasteiger partial charge on any atom is 0.341 e. The van der Waals surface area contributed by atoms with E-state index in [0.29, 0.717) is 18.1 Å². The highest BCUT2D eigenvalue weighted by Gasteiger charge is 2.22. The van der Waals surface area contributed by atoms with Gasteiger partial charge in [-0.1, -0.05) is 32.9 Å². The molecule has 146 valence electrons. The molecule has 0 radical (unpaired) electrons. The van der Waals surface area contributed by atoms with E-state index in [1.165, 1.54) is 0 Å². The second-order valence-corrected chi connectivity index (χ2v) is 7.14. The number of carbonyl (C=O) groups is 1. The van der Waals surface area contributed by atoms with Crippen LogP contribution in [0.3, 0.4) is 0 Å². The van der Waals surface area contributed by atoms with Crippen molar-refractivity contribution >= 4 is 11.7 Å². The third-order valence-electron chi connectivity index (χ3n) is 3.80. The van der Waals surface area contributed by atoms with Gasteiger partial charge in [-0.05, 0) is 43.2 Å². The van der Waals surface area contributed by atoms with Gasteiger partial charge in [0.2, 0.25) is 0 Å². The number of aliphatic carboxylic acids is 1. The number of oxime groups is 1. The molecule has 1 N–H and O–H groups in total. The van der Waals surface area contributed by atoms with Crippen molar-refractivity contribution in [2.75, 3.05) is 6.61 Å². The number of oxazole rings is 1. The highest BCUT2D eigenvalue weighted by molar-refractivity contribution is 6.00. The SMILES string of the molecule is CC/C(=N\OCc1nc(C(C)(C)C)oc1C)c1ccc(OCC(=O)O)cc1. The van der Waals surface area contributed by atoms with Gasteiger partial charge in [-0.3, -0.25) is 0 Å². The fourth-order valence-corrected chi connectivity index (χ4v) is 2.26. The fraction of sp³-hybridized carbons (Fsp3) is 0.450. The summed E-state index contributed by atoms with van der Waals surface area (Å²) in [4.78, 5) is 20.5. The molecule has 2 aromatic rings. The van der Waals surface area contributed by atoms with Crippen molar-refractivity contribution in [1.82, 2.24) is 4.98 Å². The van der Waals surface area contributed by atoms with E-state index in [1.807, 2.05) is 46.8 Å². The Bertz CT molecular complexity index is 801. The van der Waals surface area contributed by atoms with Crippen molar-refractivity contribution in [3.63, 3.8) is 0 Å². The van der Waals surface area contributed by atoms with Crippen LogP contribution in [0.4, 0.5) is 0 Å². The second kappa shape index (κ2) is 8.70. The largest absolute Gasteiger partial charge is 0.482 e. The first-order valence-corrected chi connectivity index (χ1v) is 8.81. The van der Waals surface area contributed by atoms with Gasteiger partial charge in [0.1, 0.15) is 17.2 Å². The van der Waals surface area contributed by atoms with Gasteiger partial charge < -0.3 is 19.1 Å². The minimum atomic E-state index is -1.01. The normalized spacial score (nSPS) is 12.1. The first kappa shape index (κ1) is 20.5. The zero-order valence-corrected chi connectivity index (χ0v) is 16.4. The summed E-state index contributed by atoms with van der Waals surface area (Å²) in [5.74, 6) is 0.884. The van der Waals surface area contributed by atoms with Crippen LogP contribution in [0.1, 0.15) is 57.0 Å². The maximum absolute atomic E-state index is 10.5. The van der Waals surface area contributed by atoms with Crippen LogP contribution in [0.2, 0.25) is 0 Å². The highest BCUT2D eigenvalue weighted by Crippen LogP contribution is 2.24. The van der Waals surface area contributed by atoms with Gasteiger partial charge in [-0.2, -0.15) is 0 Å². The molecule has 7 nitrogen and oxygen atoms in total. The van der Waals surface area contributed by atoms with Crippen LogP contribution in [-0.2, 0) is 21.7 Å². The lowest BCUT2D eigenvalue weighted by Crippen LogP contribution is -2.11. The lowest BCUT2D eigenvalue weighted by Gasteiger charge is -2.11. The number of ether oxygens (including phenoxy) is 1. The molecule has 0 aliphatic heterocycles. The van der Waals surface area contributed by atoms with Crippen molar-refractivity contribution in [2.24, 2.45) is 5.16 Å². The molecular weight excluding hydrogens is 348 g/mol. The van der Waals surface area contributed by atoms with Crippen molar-refractivity contribution in [1.29, 1.82) is 0 Å². The van der Waals surface area contributed by atoms with Gasteiger partial charge in [-0.25, -0.2) is 9.78 Å². The van der Waals surface area contributed by atoms with Crippen LogP contribution in [0.15, 0.2) is 33.8 Å². The fourth-order valence-electron chi connectivity index (χ4n) is 2.26. The van der Waals surface area contributed by atoms with E-state index in [0.717, 1.165) is 22.7 Å². The van der Waals surface area contributed by atoms with E-state index in [4.69, 9.17) is 19.1 Å². The smallest absolute Gasteiger partial charge is 0.341 e. The number of carboxylic acid groups (broad SMARTS) is 1. The minimum Gasteiger partial charge on any atom is -0.482 e. The van der Waals surface area contributed by atoms with Gasteiger partial charge in [0.25, 0.3) is 0 Å². The molecule has 0 unspecified atom stereocenters. The molecule has 0 atom stereocenters. The Hall–Kier alpha value is -2.83. The maximum atomic E-state index is 10.5. The summed E-state index contributed by atoms with van der Waals surface area (Å²) in [6.07, 6.45) is 0.681. The van der Waals surface area contributed by atoms with Crippen molar-refractivity contribution in [3.05, 3.63) is 47.2 Å². The molecule has 0 saturated heterocycles. The van der Waals surface area contributed by atoms with Crippen LogP contribution in [0, 0.1) is 6.92 Å². The number of benzene rings is 1. The molecule has 7 heteroatoms. The molecular formula is C20H26N2O5. The monoisotopic (exact) mass is 374 g/mol. The molecule has 0 spiro atoms. The molecule has 0 amide bonds. The summed E-state index contributed by atoms with van der Waals surface area (Å²) in [7, 11) is 0. The zero-order chi connectivity index (χ0) is 20.0. The van der Waals surface area contributed by atoms with Gasteiger partial charge >= 0.3 is 5.97 Å². The van der Waals surface area contributed by atoms with Crippen LogP contribution >= 0.6 is 0 Å². The van der Waals surface area contributed by atoms with E-state index in [2.05, 4.69) is 10.1 Å². The molecule has 1 aromatic heterocycles. The summed E-state index contributed by atoms with van der Waals surface area (Å²) in [5.41, 5.74) is 2.23. The minimum absolute atomic E-state index is 0.161. The van der Waals surface area contributed by atoms with Gasteiger partial charge in [0.15, 0.2) is 19.1 Å². The molecule has 0 aliphatic carbocycles. The summed E-state index contributed by atoms with van der Waals surface area (Å²) in [6.45, 7) is 9.83. The standard InChI is InChI=1S/C20H26N2O5/c1-6-16(14-7-9-15(10-8-14)25-12-18(23)24)22-26-11-17-13(2)27-19(21-17)20(3,4)5/h7-10H,6,11-12H2,1-5H3,(H,23,24)/b22-16+. The molecule has 2 rings (SSSR count). The molecule has 27 heavy (non-hydrogen) atoms. The van der Waals surface area contributed by atoms with Gasteiger partial charge in [0.05, 0.1) is 5.71 Å². The number of rotatable bonds is 8. The number of hydrogen-bond donors (Lipinski definition) is 1. The lowest BCUT2D eigenvalue weighted by atomic mass is 9.97. The molecule has 1 heterocycles. The molecule has 0 aliphatic rings. The van der Waals surface area contributed by atoms with Gasteiger partial charge in [-0.15, -0.1) is 0 Å². The van der Waals surface area contributed by atoms with Crippen LogP contribution in [0.25, 0.3) is 0 Å². The number of aryl methyl sites for hydroxylation is 1. The van der Waals surface area contributed by atoms with E-state index in [9.17, 15) is 4.79 Å². The topological polar surface area (TPSA) is 94.2 Å². The predicted molar refractivity (Wildman–Crippen MR) is 101 cm³/mol. The summed E-state index contributed by atoms with van der Waals surface area (Å²) in [5, 5.41) is 12.9. The van der Waals surface area contributed by atoms with E-state index in [1.54, 1.807) is 12.1 Å². The third kappa shape index (κ3) is 5.84. The van der Waals surface area contributed by atoms with Crippen LogP contribution in [0.5, 0.6) is 5.75 Å². The Kier molecular flexibility index (Phi) is 6.60. The van der Waals surface area contributed by atoms with Crippen LogP contribution < -0.4 is 4.74 Å². The van der Waals surface area contributed by atoms with E-state index in [-0.39, 0.29) is 18.6 Å². The van der Waals surface area contributed by atoms with Crippen LogP contribution in [-0.4, -0.2) is 28.4 Å².